The summed E-state index contributed by atoms with van der Waals surface area (Å²) >= 11 is 12.6. The standard InChI is InChI=1S/C3N3OPS3/c7-8(4-1-9,5-2-10)6-3-11. The molecule has 0 radical (unpaired) electrons. The second-order valence-corrected chi connectivity index (χ2v) is 3.26. The molecule has 0 N–H and O–H groups in total. The van der Waals surface area contributed by atoms with Gasteiger partial charge in [-0.1, -0.05) is 0 Å². The molecule has 0 aliphatic heterocycles. The molecule has 0 saturated carbocycles. The first-order valence-corrected chi connectivity index (χ1v) is 4.86. The maximum atomic E-state index is 11.1. The minimum absolute atomic E-state index is 1.86. The predicted molar refractivity (Wildman–Crippen MR) is 52.7 cm³/mol. The fourth-order valence-electron chi connectivity index (χ4n) is 0.227. The highest BCUT2D eigenvalue weighted by Gasteiger charge is 2.15. The van der Waals surface area contributed by atoms with Gasteiger partial charge in [-0.2, -0.15) is 0 Å². The molecule has 0 saturated heterocycles. The zero-order valence-electron chi connectivity index (χ0n) is 4.92. The topological polar surface area (TPSA) is 54.1 Å². The molecule has 0 aromatic rings. The average molecular weight is 221 g/mol. The predicted octanol–water partition coefficient (Wildman–Crippen LogP) is 2.40. The smallest absolute Gasteiger partial charge is 0.242 e. The fraction of sp³-hybridized carbons (Fsp3) is 0. The van der Waals surface area contributed by atoms with Gasteiger partial charge < -0.3 is 0 Å². The molecule has 0 spiro atoms. The molecule has 0 bridgehead atoms. The van der Waals surface area contributed by atoms with Crippen LogP contribution in [-0.2, 0) is 4.57 Å². The summed E-state index contributed by atoms with van der Waals surface area (Å²) in [6.45, 7) is 0. The van der Waals surface area contributed by atoms with Gasteiger partial charge in [0.1, 0.15) is 0 Å². The number of isothiocyanates is 3. The first kappa shape index (κ1) is 10.6. The van der Waals surface area contributed by atoms with E-state index in [1.54, 1.807) is 0 Å². The molecule has 0 aromatic heterocycles. The molecule has 0 aliphatic rings. The lowest BCUT2D eigenvalue weighted by molar-refractivity contribution is 0.579. The summed E-state index contributed by atoms with van der Waals surface area (Å²) in [5, 5.41) is 5.59. The zero-order chi connectivity index (χ0) is 8.74. The zero-order valence-corrected chi connectivity index (χ0v) is 8.27. The minimum atomic E-state index is -3.49. The van der Waals surface area contributed by atoms with E-state index in [1.165, 1.54) is 0 Å². The molecule has 0 heterocycles. The molecule has 0 aromatic carbocycles. The van der Waals surface area contributed by atoms with Gasteiger partial charge in [-0.25, -0.2) is 4.57 Å². The van der Waals surface area contributed by atoms with Gasteiger partial charge in [0.25, 0.3) is 0 Å². The van der Waals surface area contributed by atoms with Crippen LogP contribution in [-0.4, -0.2) is 15.5 Å². The van der Waals surface area contributed by atoms with Crippen LogP contribution in [0.1, 0.15) is 0 Å². The molecule has 0 atom stereocenters. The Morgan fingerprint density at radius 3 is 1.36 bits per heavy atom. The van der Waals surface area contributed by atoms with Crippen LogP contribution in [0.25, 0.3) is 0 Å². The summed E-state index contributed by atoms with van der Waals surface area (Å²) in [5.74, 6) is 0. The van der Waals surface area contributed by atoms with Gasteiger partial charge in [-0.15, -0.1) is 14.3 Å². The van der Waals surface area contributed by atoms with Gasteiger partial charge in [0.15, 0.2) is 0 Å². The Bertz CT molecular complexity index is 281. The van der Waals surface area contributed by atoms with Crippen LogP contribution in [0.5, 0.6) is 0 Å². The molecule has 0 aliphatic carbocycles. The van der Waals surface area contributed by atoms with Crippen LogP contribution in [0, 0.1) is 0 Å². The highest BCUT2D eigenvalue weighted by atomic mass is 32.1. The quantitative estimate of drug-likeness (QED) is 0.417. The van der Waals surface area contributed by atoms with Crippen molar-refractivity contribution in [1.82, 2.24) is 0 Å². The number of rotatable bonds is 3. The summed E-state index contributed by atoms with van der Waals surface area (Å²) in [5.41, 5.74) is 0. The molecule has 0 amide bonds. The van der Waals surface area contributed by atoms with Crippen LogP contribution in [0.2, 0.25) is 0 Å². The molecule has 56 valence electrons. The molecule has 11 heavy (non-hydrogen) atoms. The maximum absolute atomic E-state index is 11.1. The molecule has 0 rings (SSSR count). The Morgan fingerprint density at radius 2 is 1.18 bits per heavy atom. The van der Waals surface area contributed by atoms with Gasteiger partial charge >= 0.3 is 7.59 Å². The van der Waals surface area contributed by atoms with Gasteiger partial charge in [0, 0.05) is 0 Å². The van der Waals surface area contributed by atoms with Crippen LogP contribution < -0.4 is 0 Å². The molecule has 0 unspecified atom stereocenters. The summed E-state index contributed by atoms with van der Waals surface area (Å²) < 4.78 is 20.6. The van der Waals surface area contributed by atoms with Crippen molar-refractivity contribution in [3.05, 3.63) is 0 Å². The van der Waals surface area contributed by atoms with E-state index in [0.717, 1.165) is 0 Å². The van der Waals surface area contributed by atoms with Crippen molar-refractivity contribution in [1.29, 1.82) is 0 Å². The Kier molecular flexibility index (Phi) is 5.12. The van der Waals surface area contributed by atoms with Crippen molar-refractivity contribution in [2.75, 3.05) is 0 Å². The highest BCUT2D eigenvalue weighted by molar-refractivity contribution is 7.80. The summed E-state index contributed by atoms with van der Waals surface area (Å²) in [6, 6.07) is 0. The Hall–Kier alpha value is -0.370. The number of thiocarbonyl (C=S) groups is 3. The maximum Gasteiger partial charge on any atom is 0.441 e. The van der Waals surface area contributed by atoms with Crippen molar-refractivity contribution in [2.24, 2.45) is 14.3 Å². The van der Waals surface area contributed by atoms with E-state index in [4.69, 9.17) is 0 Å². The Morgan fingerprint density at radius 1 is 0.909 bits per heavy atom. The van der Waals surface area contributed by atoms with E-state index < -0.39 is 7.59 Å². The van der Waals surface area contributed by atoms with Crippen molar-refractivity contribution >= 4 is 59.7 Å². The van der Waals surface area contributed by atoms with Crippen LogP contribution >= 0.6 is 44.2 Å². The normalized spacial score (nSPS) is 12.7. The number of hydrogen-bond donors (Lipinski definition) is 0. The Balaban J connectivity index is 5.13. The lowest BCUT2D eigenvalue weighted by Gasteiger charge is -1.90. The fourth-order valence-corrected chi connectivity index (χ4v) is 1.64. The van der Waals surface area contributed by atoms with Crippen LogP contribution in [0.4, 0.5) is 0 Å². The molecule has 4 nitrogen and oxygen atoms in total. The third kappa shape index (κ3) is 4.14. The third-order valence-corrected chi connectivity index (χ3v) is 2.27. The Labute approximate surface area is 78.7 Å². The van der Waals surface area contributed by atoms with Gasteiger partial charge in [0.2, 0.25) is 0 Å². The van der Waals surface area contributed by atoms with Crippen molar-refractivity contribution in [3.8, 4) is 0 Å². The van der Waals surface area contributed by atoms with Crippen molar-refractivity contribution in [2.45, 2.75) is 0 Å². The average Bonchev–Trinajstić information content (AvgIpc) is 1.88. The van der Waals surface area contributed by atoms with Crippen LogP contribution in [0.15, 0.2) is 14.3 Å². The lowest BCUT2D eigenvalue weighted by Crippen LogP contribution is -1.64. The van der Waals surface area contributed by atoms with E-state index in [1.807, 2.05) is 15.5 Å². The molecule has 0 fully saturated rings. The van der Waals surface area contributed by atoms with Crippen LogP contribution in [0.3, 0.4) is 0 Å². The summed E-state index contributed by atoms with van der Waals surface area (Å²) in [4.78, 5) is 0. The van der Waals surface area contributed by atoms with E-state index in [2.05, 4.69) is 50.9 Å². The van der Waals surface area contributed by atoms with E-state index in [-0.39, 0.29) is 0 Å². The van der Waals surface area contributed by atoms with Gasteiger partial charge in [-0.05, 0) is 36.7 Å². The minimum Gasteiger partial charge on any atom is -0.242 e. The van der Waals surface area contributed by atoms with E-state index >= 15 is 0 Å². The van der Waals surface area contributed by atoms with Gasteiger partial charge in [-0.3, -0.25) is 0 Å². The van der Waals surface area contributed by atoms with E-state index in [0.29, 0.717) is 0 Å². The first-order chi connectivity index (χ1) is 5.18. The second-order valence-electron chi connectivity index (χ2n) is 1.09. The summed E-state index contributed by atoms with van der Waals surface area (Å²) in [6.07, 6.45) is 0. The number of hydrogen-bond acceptors (Lipinski definition) is 4. The van der Waals surface area contributed by atoms with Crippen molar-refractivity contribution in [3.63, 3.8) is 0 Å². The van der Waals surface area contributed by atoms with Crippen molar-refractivity contribution < 1.29 is 4.57 Å². The summed E-state index contributed by atoms with van der Waals surface area (Å²) in [7, 11) is -3.49. The third-order valence-electron chi connectivity index (χ3n) is 0.513. The highest BCUT2D eigenvalue weighted by Crippen LogP contribution is 2.49. The second kappa shape index (κ2) is 5.30. The SMILES string of the molecule is O=P(N=C=S)(N=C=S)N=C=S. The lowest BCUT2D eigenvalue weighted by atomic mass is 11.7. The molecule has 8 heteroatoms. The molecular formula is C3N3OPS3. The first-order valence-electron chi connectivity index (χ1n) is 2.07. The number of nitrogens with zero attached hydrogens (tertiary/aromatic N) is 3. The van der Waals surface area contributed by atoms with E-state index in [9.17, 15) is 4.57 Å². The molecular weight excluding hydrogens is 221 g/mol. The van der Waals surface area contributed by atoms with Gasteiger partial charge in [0.05, 0.1) is 15.5 Å². The largest absolute Gasteiger partial charge is 0.441 e. The monoisotopic (exact) mass is 221 g/mol.